The number of ether oxygens (including phenoxy) is 4. The summed E-state index contributed by atoms with van der Waals surface area (Å²) in [6.07, 6.45) is 70.9. The van der Waals surface area contributed by atoms with Crippen molar-refractivity contribution in [3.63, 3.8) is 0 Å². The van der Waals surface area contributed by atoms with Crippen LogP contribution in [0.2, 0.25) is 0 Å². The maximum atomic E-state index is 13.2. The second kappa shape index (κ2) is 79.5. The molecule has 0 heterocycles. The van der Waals surface area contributed by atoms with Crippen molar-refractivity contribution in [1.29, 1.82) is 0 Å². The third-order valence-corrected chi connectivity index (χ3v) is 23.6. The zero-order valence-electron chi connectivity index (χ0n) is 72.9. The molecule has 0 aromatic rings. The minimum atomic E-state index is -4.97. The number of carbonyl (C=O) groups is 4. The van der Waals surface area contributed by atoms with Crippen LogP contribution >= 0.6 is 15.6 Å². The number of esters is 4. The first-order valence-electron chi connectivity index (χ1n) is 46.7. The molecule has 0 spiro atoms. The second-order valence-electron chi connectivity index (χ2n) is 34.4. The second-order valence-corrected chi connectivity index (χ2v) is 37.3. The Kier molecular flexibility index (Phi) is 78.1. The molecule has 0 fully saturated rings. The largest absolute Gasteiger partial charge is 0.472 e. The molecule has 19 heteroatoms. The van der Waals surface area contributed by atoms with Gasteiger partial charge in [-0.25, -0.2) is 9.13 Å². The van der Waals surface area contributed by atoms with E-state index < -0.39 is 97.5 Å². The molecule has 6 atom stereocenters. The molecule has 0 amide bonds. The molecule has 110 heavy (non-hydrogen) atoms. The minimum Gasteiger partial charge on any atom is -0.462 e. The van der Waals surface area contributed by atoms with Crippen LogP contribution in [0.25, 0.3) is 0 Å². The summed E-state index contributed by atoms with van der Waals surface area (Å²) in [6.45, 7) is 14.4. The molecular formula is C91H178O17P2. The third-order valence-electron chi connectivity index (χ3n) is 21.7. The number of carbonyl (C=O) groups excluding carboxylic acids is 4. The highest BCUT2D eigenvalue weighted by atomic mass is 31.2. The van der Waals surface area contributed by atoms with Gasteiger partial charge in [-0.2, -0.15) is 0 Å². The van der Waals surface area contributed by atoms with Crippen molar-refractivity contribution in [2.45, 2.75) is 497 Å². The van der Waals surface area contributed by atoms with Crippen LogP contribution in [0.15, 0.2) is 0 Å². The Morgan fingerprint density at radius 1 is 0.255 bits per heavy atom. The molecule has 0 aliphatic heterocycles. The quantitative estimate of drug-likeness (QED) is 0.0222. The van der Waals surface area contributed by atoms with Crippen LogP contribution in [0.5, 0.6) is 0 Å². The lowest BCUT2D eigenvalue weighted by Crippen LogP contribution is -2.30. The van der Waals surface area contributed by atoms with Gasteiger partial charge < -0.3 is 33.8 Å². The first-order chi connectivity index (χ1) is 53.1. The maximum Gasteiger partial charge on any atom is 0.472 e. The van der Waals surface area contributed by atoms with E-state index in [4.69, 9.17) is 37.0 Å². The van der Waals surface area contributed by atoms with Crippen molar-refractivity contribution < 1.29 is 80.2 Å². The Morgan fingerprint density at radius 3 is 0.645 bits per heavy atom. The Morgan fingerprint density at radius 2 is 0.436 bits per heavy atom. The van der Waals surface area contributed by atoms with Crippen LogP contribution in [-0.2, 0) is 65.4 Å². The summed E-state index contributed by atoms with van der Waals surface area (Å²) in [6, 6.07) is 0. The molecular weight excluding hydrogens is 1430 g/mol. The predicted octanol–water partition coefficient (Wildman–Crippen LogP) is 27.9. The number of phosphoric acid groups is 2. The van der Waals surface area contributed by atoms with Gasteiger partial charge in [-0.3, -0.25) is 37.3 Å². The van der Waals surface area contributed by atoms with Gasteiger partial charge in [0.05, 0.1) is 26.4 Å². The standard InChI is InChI=1S/C91H178O17P2/c1-9-84(8)70-62-54-46-38-30-23-19-15-11-13-17-21-25-32-40-49-57-65-73-90(95)107-86(77-101-88(93)71-63-55-47-39-31-24-20-16-12-10-14-18-22-28-35-43-51-59-67-81(2)3)79-105-109(97,98)103-75-85(92)76-104-110(99,100)106-80-87(78-102-89(94)72-64-56-48-42-34-37-45-53-61-69-83(6)7)108-91(96)74-66-58-50-41-33-27-26-29-36-44-52-60-68-82(4)5/h81-87,92H,9-80H2,1-8H3,(H,97,98)(H,99,100)/t84?,85-,86-,87-/m1/s1. The van der Waals surface area contributed by atoms with E-state index in [-0.39, 0.29) is 25.7 Å². The summed E-state index contributed by atoms with van der Waals surface area (Å²) in [7, 11) is -9.94. The Hall–Kier alpha value is -1.94. The van der Waals surface area contributed by atoms with Gasteiger partial charge in [0.2, 0.25) is 0 Å². The highest BCUT2D eigenvalue weighted by molar-refractivity contribution is 7.47. The molecule has 0 aromatic heterocycles. The fourth-order valence-corrected chi connectivity index (χ4v) is 15.7. The van der Waals surface area contributed by atoms with Crippen LogP contribution in [0.1, 0.15) is 479 Å². The number of hydrogen-bond donors (Lipinski definition) is 3. The average molecular weight is 1610 g/mol. The van der Waals surface area contributed by atoms with E-state index in [0.29, 0.717) is 25.7 Å². The van der Waals surface area contributed by atoms with Crippen molar-refractivity contribution >= 4 is 39.5 Å². The van der Waals surface area contributed by atoms with Gasteiger partial charge in [-0.15, -0.1) is 0 Å². The molecule has 3 N–H and O–H groups in total. The van der Waals surface area contributed by atoms with Crippen LogP contribution in [0.3, 0.4) is 0 Å². The highest BCUT2D eigenvalue weighted by Crippen LogP contribution is 2.45. The van der Waals surface area contributed by atoms with Gasteiger partial charge in [0.15, 0.2) is 12.2 Å². The number of aliphatic hydroxyl groups is 1. The minimum absolute atomic E-state index is 0.107. The van der Waals surface area contributed by atoms with E-state index in [9.17, 15) is 43.2 Å². The Labute approximate surface area is 677 Å². The number of aliphatic hydroxyl groups excluding tert-OH is 1. The van der Waals surface area contributed by atoms with Gasteiger partial charge >= 0.3 is 39.5 Å². The van der Waals surface area contributed by atoms with E-state index in [0.717, 1.165) is 114 Å². The number of rotatable bonds is 88. The fraction of sp³-hybridized carbons (Fsp3) is 0.956. The van der Waals surface area contributed by atoms with Crippen LogP contribution < -0.4 is 0 Å². The van der Waals surface area contributed by atoms with Gasteiger partial charge in [-0.05, 0) is 49.4 Å². The summed E-state index contributed by atoms with van der Waals surface area (Å²) < 4.78 is 69.1. The van der Waals surface area contributed by atoms with E-state index in [1.807, 2.05) is 0 Å². The Balaban J connectivity index is 5.24. The molecule has 17 nitrogen and oxygen atoms in total. The van der Waals surface area contributed by atoms with Crippen molar-refractivity contribution in [2.75, 3.05) is 39.6 Å². The predicted molar refractivity (Wildman–Crippen MR) is 455 cm³/mol. The summed E-state index contributed by atoms with van der Waals surface area (Å²) in [5.74, 6) is 1.11. The number of hydrogen-bond acceptors (Lipinski definition) is 15. The third kappa shape index (κ3) is 82.6. The zero-order chi connectivity index (χ0) is 80.9. The number of phosphoric ester groups is 2. The average Bonchev–Trinajstić information content (AvgIpc) is 0.899. The Bertz CT molecular complexity index is 2130. The summed E-state index contributed by atoms with van der Waals surface area (Å²) >= 11 is 0. The molecule has 0 aliphatic rings. The molecule has 3 unspecified atom stereocenters. The maximum absolute atomic E-state index is 13.2. The van der Waals surface area contributed by atoms with Crippen LogP contribution in [0, 0.1) is 23.7 Å². The molecule has 0 bridgehead atoms. The lowest BCUT2D eigenvalue weighted by molar-refractivity contribution is -0.161. The first kappa shape index (κ1) is 108. The lowest BCUT2D eigenvalue weighted by Gasteiger charge is -2.21. The van der Waals surface area contributed by atoms with Gasteiger partial charge in [0, 0.05) is 25.7 Å². The van der Waals surface area contributed by atoms with Crippen molar-refractivity contribution in [1.82, 2.24) is 0 Å². The van der Waals surface area contributed by atoms with Gasteiger partial charge in [0.1, 0.15) is 19.3 Å². The van der Waals surface area contributed by atoms with E-state index in [1.165, 1.54) is 283 Å². The fourth-order valence-electron chi connectivity index (χ4n) is 14.2. The molecule has 0 saturated carbocycles. The monoisotopic (exact) mass is 1610 g/mol. The van der Waals surface area contributed by atoms with E-state index in [2.05, 4.69) is 55.4 Å². The van der Waals surface area contributed by atoms with Crippen LogP contribution in [0.4, 0.5) is 0 Å². The number of unbranched alkanes of at least 4 members (excludes halogenated alkanes) is 53. The first-order valence-corrected chi connectivity index (χ1v) is 49.7. The zero-order valence-corrected chi connectivity index (χ0v) is 74.7. The topological polar surface area (TPSA) is 237 Å². The SMILES string of the molecule is CCC(C)CCCCCCCCCCCCCCCCCCCCC(=O)O[C@H](COC(=O)CCCCCCCCCCCCCCCCCCCCC(C)C)COP(=O)(O)OC[C@@H](O)COP(=O)(O)OC[C@@H](COC(=O)CCCCCCCCCCCC(C)C)OC(=O)CCCCCCCCCCCCCCC(C)C. The normalized spacial score (nSPS) is 14.1. The summed E-state index contributed by atoms with van der Waals surface area (Å²) in [4.78, 5) is 73.4. The molecule has 0 radical (unpaired) electrons. The van der Waals surface area contributed by atoms with E-state index in [1.54, 1.807) is 0 Å². The highest BCUT2D eigenvalue weighted by Gasteiger charge is 2.31. The van der Waals surface area contributed by atoms with Gasteiger partial charge in [-0.1, -0.05) is 428 Å². The molecule has 0 aliphatic carbocycles. The van der Waals surface area contributed by atoms with Gasteiger partial charge in [0.25, 0.3) is 0 Å². The van der Waals surface area contributed by atoms with E-state index >= 15 is 0 Å². The van der Waals surface area contributed by atoms with Crippen molar-refractivity contribution in [2.24, 2.45) is 23.7 Å². The summed E-state index contributed by atoms with van der Waals surface area (Å²) in [5.41, 5.74) is 0. The lowest BCUT2D eigenvalue weighted by atomic mass is 9.99. The summed E-state index contributed by atoms with van der Waals surface area (Å²) in [5, 5.41) is 10.7. The molecule has 0 saturated heterocycles. The molecule has 654 valence electrons. The van der Waals surface area contributed by atoms with Crippen LogP contribution in [-0.4, -0.2) is 96.7 Å². The smallest absolute Gasteiger partial charge is 0.462 e. The van der Waals surface area contributed by atoms with Crippen molar-refractivity contribution in [3.05, 3.63) is 0 Å². The molecule has 0 aromatic carbocycles. The molecule has 0 rings (SSSR count). The van der Waals surface area contributed by atoms with Crippen molar-refractivity contribution in [3.8, 4) is 0 Å².